The van der Waals surface area contributed by atoms with Crippen LogP contribution in [0, 0.1) is 18.6 Å². The minimum absolute atomic E-state index is 0.0410. The molecule has 0 atom stereocenters. The molecule has 0 saturated heterocycles. The first-order chi connectivity index (χ1) is 13.2. The van der Waals surface area contributed by atoms with Crippen LogP contribution >= 0.6 is 0 Å². The van der Waals surface area contributed by atoms with E-state index < -0.39 is 29.6 Å². The smallest absolute Gasteiger partial charge is 0.275 e. The van der Waals surface area contributed by atoms with Crippen LogP contribution in [0.15, 0.2) is 24.5 Å². The third kappa shape index (κ3) is 3.37. The van der Waals surface area contributed by atoms with Gasteiger partial charge in [0, 0.05) is 30.5 Å². The summed E-state index contributed by atoms with van der Waals surface area (Å²) in [7, 11) is 0. The highest BCUT2D eigenvalue weighted by Gasteiger charge is 2.47. The van der Waals surface area contributed by atoms with E-state index in [2.05, 4.69) is 20.3 Å². The molecule has 6 nitrogen and oxygen atoms in total. The van der Waals surface area contributed by atoms with Crippen LogP contribution < -0.4 is 10.1 Å². The summed E-state index contributed by atoms with van der Waals surface area (Å²) in [5.41, 5.74) is 0.795. The van der Waals surface area contributed by atoms with Gasteiger partial charge < -0.3 is 15.0 Å². The number of benzene rings is 1. The molecule has 0 aliphatic heterocycles. The Morgan fingerprint density at radius 3 is 2.68 bits per heavy atom. The van der Waals surface area contributed by atoms with Crippen LogP contribution in [0.2, 0.25) is 0 Å². The Hall–Kier alpha value is -3.17. The van der Waals surface area contributed by atoms with Crippen molar-refractivity contribution < 1.29 is 27.1 Å². The summed E-state index contributed by atoms with van der Waals surface area (Å²) in [5.74, 6) is -5.30. The average molecular weight is 394 g/mol. The molecular weight excluding hydrogens is 380 g/mol. The molecule has 2 N–H and O–H groups in total. The van der Waals surface area contributed by atoms with Gasteiger partial charge in [0.05, 0.1) is 17.4 Å². The Morgan fingerprint density at radius 1 is 1.29 bits per heavy atom. The highest BCUT2D eigenvalue weighted by molar-refractivity contribution is 6.08. The maximum atomic E-state index is 13.5. The number of hydrogen-bond acceptors (Lipinski definition) is 4. The van der Waals surface area contributed by atoms with Gasteiger partial charge in [0.2, 0.25) is 5.88 Å². The maximum Gasteiger partial charge on any atom is 0.275 e. The van der Waals surface area contributed by atoms with Crippen LogP contribution in [0.1, 0.15) is 29.0 Å². The van der Waals surface area contributed by atoms with Crippen molar-refractivity contribution in [2.45, 2.75) is 31.8 Å². The van der Waals surface area contributed by atoms with Crippen molar-refractivity contribution in [3.05, 3.63) is 47.5 Å². The molecule has 4 rings (SSSR count). The number of halogens is 4. The van der Waals surface area contributed by atoms with Gasteiger partial charge in [0.25, 0.3) is 11.8 Å². The van der Waals surface area contributed by atoms with Gasteiger partial charge in [-0.25, -0.2) is 27.5 Å². The molecular formula is C18H14F4N4O2. The van der Waals surface area contributed by atoms with E-state index in [0.29, 0.717) is 10.9 Å². The molecule has 2 heterocycles. The predicted molar refractivity (Wildman–Crippen MR) is 91.5 cm³/mol. The molecule has 0 spiro atoms. The second kappa shape index (κ2) is 6.47. The number of amides is 1. The zero-order valence-corrected chi connectivity index (χ0v) is 14.5. The summed E-state index contributed by atoms with van der Waals surface area (Å²) in [6.45, 7) is 1.54. The number of H-pyrrole nitrogens is 1. The van der Waals surface area contributed by atoms with Crippen molar-refractivity contribution in [2.75, 3.05) is 5.32 Å². The van der Waals surface area contributed by atoms with Gasteiger partial charge in [0.1, 0.15) is 17.5 Å². The molecule has 0 unspecified atom stereocenters. The third-order valence-corrected chi connectivity index (χ3v) is 4.44. The van der Waals surface area contributed by atoms with Gasteiger partial charge in [-0.1, -0.05) is 0 Å². The lowest BCUT2D eigenvalue weighted by atomic mass is 9.91. The first-order valence-electron chi connectivity index (χ1n) is 8.37. The molecule has 0 bridgehead atoms. The Kier molecular flexibility index (Phi) is 4.20. The number of fused-ring (bicyclic) bond motifs is 1. The fourth-order valence-corrected chi connectivity index (χ4v) is 2.95. The van der Waals surface area contributed by atoms with Crippen LogP contribution in [0.4, 0.5) is 23.2 Å². The van der Waals surface area contributed by atoms with Crippen molar-refractivity contribution in [3.63, 3.8) is 0 Å². The van der Waals surface area contributed by atoms with E-state index in [4.69, 9.17) is 4.74 Å². The van der Waals surface area contributed by atoms with Crippen LogP contribution in [-0.2, 0) is 0 Å². The number of nitrogens with one attached hydrogen (secondary N) is 2. The van der Waals surface area contributed by atoms with Crippen LogP contribution in [0.5, 0.6) is 5.88 Å². The fourth-order valence-electron chi connectivity index (χ4n) is 2.95. The Bertz CT molecular complexity index is 1070. The molecule has 1 aliphatic rings. The molecule has 146 valence electrons. The molecule has 1 fully saturated rings. The van der Waals surface area contributed by atoms with Gasteiger partial charge in [-0.3, -0.25) is 4.79 Å². The number of aromatic amines is 1. The highest BCUT2D eigenvalue weighted by atomic mass is 19.3. The van der Waals surface area contributed by atoms with E-state index in [1.807, 2.05) is 0 Å². The summed E-state index contributed by atoms with van der Waals surface area (Å²) >= 11 is 0. The molecule has 10 heteroatoms. The summed E-state index contributed by atoms with van der Waals surface area (Å²) in [6, 6.07) is 1.96. The Morgan fingerprint density at radius 2 is 2.00 bits per heavy atom. The number of rotatable bonds is 4. The van der Waals surface area contributed by atoms with E-state index in [-0.39, 0.29) is 35.8 Å². The van der Waals surface area contributed by atoms with Crippen LogP contribution in [0.3, 0.4) is 0 Å². The second-order valence-electron chi connectivity index (χ2n) is 6.62. The number of nitrogens with zero attached hydrogens (tertiary/aromatic N) is 2. The minimum atomic E-state index is -2.71. The van der Waals surface area contributed by atoms with E-state index in [1.165, 1.54) is 6.20 Å². The lowest BCUT2D eigenvalue weighted by Crippen LogP contribution is -2.43. The molecule has 0 radical (unpaired) electrons. The van der Waals surface area contributed by atoms with E-state index in [0.717, 1.165) is 18.3 Å². The number of ether oxygens (including phenoxy) is 1. The van der Waals surface area contributed by atoms with Crippen molar-refractivity contribution in [3.8, 4) is 5.88 Å². The summed E-state index contributed by atoms with van der Waals surface area (Å²) in [4.78, 5) is 23.2. The molecule has 28 heavy (non-hydrogen) atoms. The van der Waals surface area contributed by atoms with Crippen molar-refractivity contribution >= 4 is 22.5 Å². The highest BCUT2D eigenvalue weighted by Crippen LogP contribution is 2.39. The average Bonchev–Trinajstić information content (AvgIpc) is 2.97. The van der Waals surface area contributed by atoms with E-state index >= 15 is 0 Å². The summed E-state index contributed by atoms with van der Waals surface area (Å²) < 4.78 is 57.9. The zero-order valence-electron chi connectivity index (χ0n) is 14.5. The maximum absolute atomic E-state index is 13.5. The van der Waals surface area contributed by atoms with Gasteiger partial charge in [0.15, 0.2) is 11.6 Å². The number of aryl methyl sites for hydroxylation is 1. The number of alkyl halides is 2. The quantitative estimate of drug-likeness (QED) is 0.656. The fraction of sp³-hybridized carbons (Fsp3) is 0.278. The lowest BCUT2D eigenvalue weighted by molar-refractivity contribution is -0.135. The Labute approximate surface area is 155 Å². The predicted octanol–water partition coefficient (Wildman–Crippen LogP) is 3.97. The van der Waals surface area contributed by atoms with Crippen LogP contribution in [-0.4, -0.2) is 32.9 Å². The molecule has 2 aromatic heterocycles. The number of hydrogen-bond donors (Lipinski definition) is 2. The largest absolute Gasteiger partial charge is 0.473 e. The molecule has 3 aromatic rings. The minimum Gasteiger partial charge on any atom is -0.473 e. The standard InChI is InChI=1S/C18H14F4N4O2/c1-8-17(28-9-4-18(21,22)5-9)24-7-15(25-8)16(27)26-14-6-23-13-3-12(20)11(19)2-10(13)14/h2-3,6-7,9,23H,4-5H2,1H3,(H,26,27). The normalized spacial score (nSPS) is 16.0. The lowest BCUT2D eigenvalue weighted by Gasteiger charge is -2.34. The number of carbonyl (C=O) groups excluding carboxylic acids is 1. The second-order valence-corrected chi connectivity index (χ2v) is 6.62. The van der Waals surface area contributed by atoms with E-state index in [9.17, 15) is 22.4 Å². The van der Waals surface area contributed by atoms with Gasteiger partial charge in [-0.2, -0.15) is 0 Å². The van der Waals surface area contributed by atoms with Crippen molar-refractivity contribution in [1.29, 1.82) is 0 Å². The first kappa shape index (κ1) is 18.2. The molecule has 1 amide bonds. The van der Waals surface area contributed by atoms with Gasteiger partial charge in [-0.15, -0.1) is 0 Å². The molecule has 1 saturated carbocycles. The molecule has 1 aliphatic carbocycles. The number of aromatic nitrogens is 3. The number of carbonyl (C=O) groups is 1. The number of anilines is 1. The van der Waals surface area contributed by atoms with Gasteiger partial charge >= 0.3 is 0 Å². The Balaban J connectivity index is 1.49. The monoisotopic (exact) mass is 394 g/mol. The molecule has 1 aromatic carbocycles. The van der Waals surface area contributed by atoms with Gasteiger partial charge in [-0.05, 0) is 13.0 Å². The van der Waals surface area contributed by atoms with Crippen LogP contribution in [0.25, 0.3) is 10.9 Å². The first-order valence-corrected chi connectivity index (χ1v) is 8.37. The third-order valence-electron chi connectivity index (χ3n) is 4.44. The van der Waals surface area contributed by atoms with E-state index in [1.54, 1.807) is 6.92 Å². The van der Waals surface area contributed by atoms with Crippen molar-refractivity contribution in [2.24, 2.45) is 0 Å². The topological polar surface area (TPSA) is 79.9 Å². The van der Waals surface area contributed by atoms with Crippen molar-refractivity contribution in [1.82, 2.24) is 15.0 Å². The SMILES string of the molecule is Cc1nc(C(=O)Nc2c[nH]c3cc(F)c(F)cc23)cnc1OC1CC(F)(F)C1. The zero-order chi connectivity index (χ0) is 20.1. The summed E-state index contributed by atoms with van der Waals surface area (Å²) in [6.07, 6.45) is 1.16. The summed E-state index contributed by atoms with van der Waals surface area (Å²) in [5, 5.41) is 2.84.